The Morgan fingerprint density at radius 1 is 1.32 bits per heavy atom. The predicted molar refractivity (Wildman–Crippen MR) is 92.0 cm³/mol. The molecule has 25 heavy (non-hydrogen) atoms. The van der Waals surface area contributed by atoms with E-state index in [0.717, 1.165) is 11.1 Å². The maximum absolute atomic E-state index is 12.7. The van der Waals surface area contributed by atoms with Gasteiger partial charge in [-0.2, -0.15) is 0 Å². The summed E-state index contributed by atoms with van der Waals surface area (Å²) in [4.78, 5) is 31.7. The van der Waals surface area contributed by atoms with Crippen LogP contribution in [0.1, 0.15) is 24.1 Å². The molecular formula is C18H23N3O4. The van der Waals surface area contributed by atoms with Gasteiger partial charge in [0.1, 0.15) is 6.04 Å². The first-order valence-electron chi connectivity index (χ1n) is 8.54. The number of hydrogen-bond donors (Lipinski definition) is 1. The quantitative estimate of drug-likeness (QED) is 0.654. The van der Waals surface area contributed by atoms with Gasteiger partial charge in [0.25, 0.3) is 0 Å². The standard InChI is InChI=1S/C18H23N3O4/c1-3-25-17(23)14-15(13-6-4-12(2)5-7-13)19-18(20-16(14)22)21-8-10-24-11-9-21/h4-7,14-15H,3,8-11H2,1-2H3,(H,19,20,22). The van der Waals surface area contributed by atoms with Gasteiger partial charge in [0.15, 0.2) is 5.92 Å². The van der Waals surface area contributed by atoms with E-state index < -0.39 is 17.9 Å². The minimum Gasteiger partial charge on any atom is -0.465 e. The predicted octanol–water partition coefficient (Wildman–Crippen LogP) is 1.03. The van der Waals surface area contributed by atoms with Crippen LogP contribution in [-0.2, 0) is 19.1 Å². The number of esters is 1. The lowest BCUT2D eigenvalue weighted by Gasteiger charge is -2.35. The largest absolute Gasteiger partial charge is 0.465 e. The third-order valence-electron chi connectivity index (χ3n) is 4.36. The van der Waals surface area contributed by atoms with Crippen LogP contribution in [0.5, 0.6) is 0 Å². The zero-order valence-corrected chi connectivity index (χ0v) is 14.5. The van der Waals surface area contributed by atoms with Gasteiger partial charge in [-0.1, -0.05) is 29.8 Å². The molecule has 1 amide bonds. The number of benzene rings is 1. The van der Waals surface area contributed by atoms with Crippen molar-refractivity contribution in [3.8, 4) is 0 Å². The van der Waals surface area contributed by atoms with Crippen LogP contribution in [0.3, 0.4) is 0 Å². The first-order chi connectivity index (χ1) is 12.1. The van der Waals surface area contributed by atoms with Gasteiger partial charge in [-0.05, 0) is 19.4 Å². The zero-order valence-electron chi connectivity index (χ0n) is 14.5. The number of guanidine groups is 1. The number of aryl methyl sites for hydroxylation is 1. The second-order valence-corrected chi connectivity index (χ2v) is 6.13. The van der Waals surface area contributed by atoms with E-state index in [1.54, 1.807) is 6.92 Å². The normalized spacial score (nSPS) is 23.7. The average molecular weight is 345 g/mol. The number of nitrogens with one attached hydrogen (secondary N) is 1. The van der Waals surface area contributed by atoms with Crippen LogP contribution < -0.4 is 5.32 Å². The summed E-state index contributed by atoms with van der Waals surface area (Å²) in [6, 6.07) is 7.13. The van der Waals surface area contributed by atoms with Gasteiger partial charge in [0.2, 0.25) is 11.9 Å². The van der Waals surface area contributed by atoms with E-state index in [1.165, 1.54) is 0 Å². The summed E-state index contributed by atoms with van der Waals surface area (Å²) in [5.74, 6) is -1.40. The van der Waals surface area contributed by atoms with Crippen molar-refractivity contribution >= 4 is 17.8 Å². The molecule has 7 heteroatoms. The fourth-order valence-electron chi connectivity index (χ4n) is 3.00. The van der Waals surface area contributed by atoms with Crippen molar-refractivity contribution in [2.24, 2.45) is 10.9 Å². The Hall–Kier alpha value is -2.41. The highest BCUT2D eigenvalue weighted by Crippen LogP contribution is 2.31. The molecule has 2 unspecified atom stereocenters. The van der Waals surface area contributed by atoms with Gasteiger partial charge in [-0.15, -0.1) is 0 Å². The van der Waals surface area contributed by atoms with Gasteiger partial charge < -0.3 is 14.4 Å². The number of aliphatic imine (C=N–C) groups is 1. The summed E-state index contributed by atoms with van der Waals surface area (Å²) < 4.78 is 10.5. The van der Waals surface area contributed by atoms with Crippen molar-refractivity contribution in [2.45, 2.75) is 19.9 Å². The summed E-state index contributed by atoms with van der Waals surface area (Å²) in [6.07, 6.45) is 0. The van der Waals surface area contributed by atoms with Crippen molar-refractivity contribution in [1.82, 2.24) is 10.2 Å². The number of hydrogen-bond acceptors (Lipinski definition) is 6. The highest BCUT2D eigenvalue weighted by Gasteiger charge is 2.42. The summed E-state index contributed by atoms with van der Waals surface area (Å²) in [7, 11) is 0. The van der Waals surface area contributed by atoms with Crippen LogP contribution in [-0.4, -0.2) is 55.6 Å². The molecule has 1 fully saturated rings. The molecule has 0 aromatic heterocycles. The second kappa shape index (κ2) is 7.65. The Kier molecular flexibility index (Phi) is 5.33. The van der Waals surface area contributed by atoms with E-state index in [1.807, 2.05) is 36.1 Å². The molecule has 0 aliphatic carbocycles. The topological polar surface area (TPSA) is 80.2 Å². The van der Waals surface area contributed by atoms with E-state index in [4.69, 9.17) is 14.5 Å². The van der Waals surface area contributed by atoms with Gasteiger partial charge >= 0.3 is 5.97 Å². The molecule has 0 bridgehead atoms. The highest BCUT2D eigenvalue weighted by molar-refractivity contribution is 6.08. The summed E-state index contributed by atoms with van der Waals surface area (Å²) in [5, 5.41) is 2.77. The Balaban J connectivity index is 1.95. The average Bonchev–Trinajstić information content (AvgIpc) is 2.62. The number of rotatable bonds is 3. The van der Waals surface area contributed by atoms with Crippen molar-refractivity contribution in [3.63, 3.8) is 0 Å². The van der Waals surface area contributed by atoms with Gasteiger partial charge in [0.05, 0.1) is 19.8 Å². The molecule has 7 nitrogen and oxygen atoms in total. The lowest BCUT2D eigenvalue weighted by molar-refractivity contribution is -0.153. The maximum Gasteiger partial charge on any atom is 0.321 e. The molecule has 2 aliphatic heterocycles. The second-order valence-electron chi connectivity index (χ2n) is 6.13. The molecule has 1 aromatic rings. The van der Waals surface area contributed by atoms with Crippen molar-refractivity contribution in [2.75, 3.05) is 32.9 Å². The molecule has 1 saturated heterocycles. The molecule has 2 atom stereocenters. The molecule has 2 heterocycles. The maximum atomic E-state index is 12.7. The number of carbonyl (C=O) groups is 2. The van der Waals surface area contributed by atoms with E-state index in [-0.39, 0.29) is 12.5 Å². The molecule has 3 rings (SSSR count). The lowest BCUT2D eigenvalue weighted by Crippen LogP contribution is -2.55. The first-order valence-corrected chi connectivity index (χ1v) is 8.54. The van der Waals surface area contributed by atoms with Gasteiger partial charge in [-0.25, -0.2) is 4.99 Å². The van der Waals surface area contributed by atoms with E-state index in [9.17, 15) is 9.59 Å². The molecule has 2 aliphatic rings. The molecular weight excluding hydrogens is 322 g/mol. The van der Waals surface area contributed by atoms with Crippen LogP contribution in [0, 0.1) is 12.8 Å². The summed E-state index contributed by atoms with van der Waals surface area (Å²) >= 11 is 0. The smallest absolute Gasteiger partial charge is 0.321 e. The van der Waals surface area contributed by atoms with E-state index in [0.29, 0.717) is 32.3 Å². The molecule has 134 valence electrons. The molecule has 0 radical (unpaired) electrons. The fraction of sp³-hybridized carbons (Fsp3) is 0.500. The van der Waals surface area contributed by atoms with Crippen LogP contribution >= 0.6 is 0 Å². The Bertz CT molecular complexity index is 665. The first kappa shape index (κ1) is 17.4. The van der Waals surface area contributed by atoms with Crippen LogP contribution in [0.4, 0.5) is 0 Å². The number of morpholine rings is 1. The molecule has 1 N–H and O–H groups in total. The Labute approximate surface area is 147 Å². The molecule has 0 spiro atoms. The SMILES string of the molecule is CCOC(=O)C1C(=O)NC(N2CCOCC2)=NC1c1ccc(C)cc1. The summed E-state index contributed by atoms with van der Waals surface area (Å²) in [5.41, 5.74) is 1.93. The van der Waals surface area contributed by atoms with Gasteiger partial charge in [0, 0.05) is 13.1 Å². The minimum atomic E-state index is -0.979. The Morgan fingerprint density at radius 3 is 2.64 bits per heavy atom. The third-order valence-corrected chi connectivity index (χ3v) is 4.36. The van der Waals surface area contributed by atoms with Crippen molar-refractivity contribution < 1.29 is 19.1 Å². The molecule has 0 saturated carbocycles. The summed E-state index contributed by atoms with van der Waals surface area (Å²) in [6.45, 7) is 6.43. The monoisotopic (exact) mass is 345 g/mol. The number of amides is 1. The van der Waals surface area contributed by atoms with Crippen LogP contribution in [0.25, 0.3) is 0 Å². The van der Waals surface area contributed by atoms with Crippen LogP contribution in [0.2, 0.25) is 0 Å². The number of carbonyl (C=O) groups excluding carboxylic acids is 2. The van der Waals surface area contributed by atoms with Crippen LogP contribution in [0.15, 0.2) is 29.3 Å². The molecule has 1 aromatic carbocycles. The zero-order chi connectivity index (χ0) is 17.8. The van der Waals surface area contributed by atoms with Crippen molar-refractivity contribution in [3.05, 3.63) is 35.4 Å². The van der Waals surface area contributed by atoms with E-state index >= 15 is 0 Å². The lowest BCUT2D eigenvalue weighted by atomic mass is 9.91. The van der Waals surface area contributed by atoms with Gasteiger partial charge in [-0.3, -0.25) is 14.9 Å². The van der Waals surface area contributed by atoms with Crippen molar-refractivity contribution in [1.29, 1.82) is 0 Å². The third kappa shape index (κ3) is 3.82. The number of ether oxygens (including phenoxy) is 2. The fourth-order valence-corrected chi connectivity index (χ4v) is 3.00. The highest BCUT2D eigenvalue weighted by atomic mass is 16.5. The number of nitrogens with zero attached hydrogens (tertiary/aromatic N) is 2. The Morgan fingerprint density at radius 2 is 2.00 bits per heavy atom. The minimum absolute atomic E-state index is 0.225. The van der Waals surface area contributed by atoms with E-state index in [2.05, 4.69) is 5.32 Å².